The van der Waals surface area contributed by atoms with Crippen LogP contribution in [-0.2, 0) is 9.47 Å². The summed E-state index contributed by atoms with van der Waals surface area (Å²) in [4.78, 5) is 18.6. The molecule has 5 rings (SSSR count). The van der Waals surface area contributed by atoms with Gasteiger partial charge in [-0.25, -0.2) is 9.67 Å². The molecular formula is C21H30N8O3. The SMILES string of the molecule is Cc1ccccc1-c1ncn(-c2cc(N3CCOCC3)nc(N3CCOCC3)n2)n1.N.O. The molecule has 2 aliphatic heterocycles. The molecule has 32 heavy (non-hydrogen) atoms. The highest BCUT2D eigenvalue weighted by Gasteiger charge is 2.20. The van der Waals surface area contributed by atoms with E-state index in [9.17, 15) is 0 Å². The Morgan fingerprint density at radius 3 is 2.16 bits per heavy atom. The maximum Gasteiger partial charge on any atom is 0.229 e. The van der Waals surface area contributed by atoms with E-state index in [-0.39, 0.29) is 11.6 Å². The maximum absolute atomic E-state index is 5.51. The molecule has 0 radical (unpaired) electrons. The molecule has 4 heterocycles. The third-order valence-corrected chi connectivity index (χ3v) is 5.43. The fourth-order valence-electron chi connectivity index (χ4n) is 3.71. The maximum atomic E-state index is 5.51. The number of nitrogens with zero attached hydrogens (tertiary/aromatic N) is 7. The van der Waals surface area contributed by atoms with Crippen molar-refractivity contribution >= 4 is 11.8 Å². The molecule has 5 N–H and O–H groups in total. The smallest absolute Gasteiger partial charge is 0.229 e. The zero-order valence-corrected chi connectivity index (χ0v) is 18.3. The van der Waals surface area contributed by atoms with Gasteiger partial charge in [-0.15, -0.1) is 5.10 Å². The molecule has 0 aliphatic carbocycles. The van der Waals surface area contributed by atoms with Crippen LogP contribution in [0.15, 0.2) is 36.7 Å². The van der Waals surface area contributed by atoms with E-state index in [2.05, 4.69) is 27.8 Å². The second-order valence-electron chi connectivity index (χ2n) is 7.41. The van der Waals surface area contributed by atoms with Crippen LogP contribution >= 0.6 is 0 Å². The summed E-state index contributed by atoms with van der Waals surface area (Å²) < 4.78 is 12.7. The highest BCUT2D eigenvalue weighted by Crippen LogP contribution is 2.23. The van der Waals surface area contributed by atoms with Gasteiger partial charge in [0.1, 0.15) is 12.1 Å². The van der Waals surface area contributed by atoms with Crippen molar-refractivity contribution in [1.29, 1.82) is 0 Å². The van der Waals surface area contributed by atoms with Gasteiger partial charge in [0.2, 0.25) is 5.95 Å². The normalized spacial score (nSPS) is 16.3. The lowest BCUT2D eigenvalue weighted by Crippen LogP contribution is -2.39. The number of rotatable bonds is 4. The Kier molecular flexibility index (Phi) is 7.70. The minimum Gasteiger partial charge on any atom is -0.412 e. The van der Waals surface area contributed by atoms with Gasteiger partial charge in [-0.2, -0.15) is 9.97 Å². The summed E-state index contributed by atoms with van der Waals surface area (Å²) in [7, 11) is 0. The minimum absolute atomic E-state index is 0. The summed E-state index contributed by atoms with van der Waals surface area (Å²) in [6, 6.07) is 10.1. The molecule has 11 nitrogen and oxygen atoms in total. The fourth-order valence-corrected chi connectivity index (χ4v) is 3.71. The first-order valence-corrected chi connectivity index (χ1v) is 10.3. The minimum atomic E-state index is 0. The molecular weight excluding hydrogens is 412 g/mol. The molecule has 1 aromatic carbocycles. The van der Waals surface area contributed by atoms with Crippen molar-refractivity contribution in [1.82, 2.24) is 30.9 Å². The van der Waals surface area contributed by atoms with Crippen LogP contribution in [0.1, 0.15) is 5.56 Å². The largest absolute Gasteiger partial charge is 0.412 e. The van der Waals surface area contributed by atoms with Gasteiger partial charge in [-0.05, 0) is 12.5 Å². The first-order chi connectivity index (χ1) is 14.8. The summed E-state index contributed by atoms with van der Waals surface area (Å²) in [5, 5.41) is 4.71. The lowest BCUT2D eigenvalue weighted by molar-refractivity contribution is 0.121. The zero-order valence-electron chi connectivity index (χ0n) is 18.3. The molecule has 2 saturated heterocycles. The summed E-state index contributed by atoms with van der Waals surface area (Å²) >= 11 is 0. The lowest BCUT2D eigenvalue weighted by atomic mass is 10.1. The first-order valence-electron chi connectivity index (χ1n) is 10.3. The molecule has 172 valence electrons. The van der Waals surface area contributed by atoms with E-state index in [1.54, 1.807) is 11.0 Å². The van der Waals surface area contributed by atoms with Gasteiger partial charge in [0.25, 0.3) is 0 Å². The summed E-state index contributed by atoms with van der Waals surface area (Å²) in [5.41, 5.74) is 2.16. The van der Waals surface area contributed by atoms with Crippen molar-refractivity contribution in [2.45, 2.75) is 6.92 Å². The number of morpholine rings is 2. The molecule has 11 heteroatoms. The molecule has 0 saturated carbocycles. The molecule has 2 aliphatic rings. The van der Waals surface area contributed by atoms with Crippen LogP contribution in [0.4, 0.5) is 11.8 Å². The van der Waals surface area contributed by atoms with Crippen LogP contribution in [0, 0.1) is 6.92 Å². The van der Waals surface area contributed by atoms with Crippen LogP contribution in [0.3, 0.4) is 0 Å². The third-order valence-electron chi connectivity index (χ3n) is 5.43. The fraction of sp³-hybridized carbons (Fsp3) is 0.429. The van der Waals surface area contributed by atoms with Crippen molar-refractivity contribution in [3.8, 4) is 17.2 Å². The van der Waals surface area contributed by atoms with Crippen molar-refractivity contribution in [2.75, 3.05) is 62.4 Å². The topological polar surface area (TPSA) is 148 Å². The van der Waals surface area contributed by atoms with E-state index >= 15 is 0 Å². The van der Waals surface area contributed by atoms with Crippen LogP contribution < -0.4 is 16.0 Å². The van der Waals surface area contributed by atoms with Crippen molar-refractivity contribution < 1.29 is 14.9 Å². The van der Waals surface area contributed by atoms with Gasteiger partial charge in [0, 0.05) is 37.8 Å². The number of benzene rings is 1. The standard InChI is InChI=1S/C21H25N7O2.H3N.H2O/c1-16-4-2-3-5-17(16)20-22-15-28(25-20)19-14-18(26-6-10-29-11-7-26)23-21(24-19)27-8-12-30-13-9-27;;/h2-5,14-15H,6-13H2,1H3;1H3;1H2. The van der Waals surface area contributed by atoms with Crippen LogP contribution in [0.25, 0.3) is 17.2 Å². The molecule has 0 spiro atoms. The van der Waals surface area contributed by atoms with Gasteiger partial charge in [-0.3, -0.25) is 0 Å². The van der Waals surface area contributed by atoms with Crippen molar-refractivity contribution in [2.24, 2.45) is 0 Å². The summed E-state index contributed by atoms with van der Waals surface area (Å²) in [6.45, 7) is 8.00. The predicted molar refractivity (Wildman–Crippen MR) is 122 cm³/mol. The van der Waals surface area contributed by atoms with Gasteiger partial charge >= 0.3 is 0 Å². The number of aryl methyl sites for hydroxylation is 1. The van der Waals surface area contributed by atoms with Crippen LogP contribution in [-0.4, -0.2) is 82.8 Å². The number of hydrogen-bond acceptors (Lipinski definition) is 9. The van der Waals surface area contributed by atoms with Gasteiger partial charge < -0.3 is 30.9 Å². The van der Waals surface area contributed by atoms with Crippen molar-refractivity contribution in [3.05, 3.63) is 42.2 Å². The van der Waals surface area contributed by atoms with E-state index < -0.39 is 0 Å². The quantitative estimate of drug-likeness (QED) is 0.625. The van der Waals surface area contributed by atoms with E-state index in [4.69, 9.17) is 24.5 Å². The second-order valence-corrected chi connectivity index (χ2v) is 7.41. The average Bonchev–Trinajstić information content (AvgIpc) is 3.30. The van der Waals surface area contributed by atoms with E-state index in [1.807, 2.05) is 24.3 Å². The monoisotopic (exact) mass is 442 g/mol. The third kappa shape index (κ3) is 4.86. The van der Waals surface area contributed by atoms with Crippen molar-refractivity contribution in [3.63, 3.8) is 0 Å². The second kappa shape index (κ2) is 10.5. The Morgan fingerprint density at radius 2 is 1.47 bits per heavy atom. The molecule has 0 amide bonds. The summed E-state index contributed by atoms with van der Waals surface area (Å²) in [6.07, 6.45) is 1.72. The number of ether oxygens (including phenoxy) is 2. The molecule has 2 aromatic heterocycles. The lowest BCUT2D eigenvalue weighted by Gasteiger charge is -2.31. The Morgan fingerprint density at radius 1 is 0.844 bits per heavy atom. The van der Waals surface area contributed by atoms with E-state index in [0.717, 1.165) is 43.1 Å². The molecule has 0 bridgehead atoms. The van der Waals surface area contributed by atoms with Gasteiger partial charge in [0.05, 0.1) is 26.4 Å². The Labute approximate surface area is 186 Å². The van der Waals surface area contributed by atoms with Crippen LogP contribution in [0.2, 0.25) is 0 Å². The van der Waals surface area contributed by atoms with E-state index in [0.29, 0.717) is 44.0 Å². The highest BCUT2D eigenvalue weighted by molar-refractivity contribution is 5.59. The molecule has 3 aromatic rings. The predicted octanol–water partition coefficient (Wildman–Crippen LogP) is 1.04. The number of hydrogen-bond donors (Lipinski definition) is 1. The first kappa shape index (κ1) is 23.5. The molecule has 2 fully saturated rings. The number of anilines is 2. The number of aromatic nitrogens is 5. The Hall–Kier alpha value is -3.12. The Balaban J connectivity index is 0.00000144. The Bertz CT molecular complexity index is 980. The average molecular weight is 443 g/mol. The summed E-state index contributed by atoms with van der Waals surface area (Å²) in [5.74, 6) is 2.98. The van der Waals surface area contributed by atoms with Gasteiger partial charge in [-0.1, -0.05) is 24.3 Å². The molecule has 0 unspecified atom stereocenters. The highest BCUT2D eigenvalue weighted by atomic mass is 16.5. The van der Waals surface area contributed by atoms with E-state index in [1.165, 1.54) is 0 Å². The van der Waals surface area contributed by atoms with Crippen LogP contribution in [0.5, 0.6) is 0 Å². The van der Waals surface area contributed by atoms with Gasteiger partial charge in [0.15, 0.2) is 11.6 Å². The zero-order chi connectivity index (χ0) is 20.3. The molecule has 0 atom stereocenters.